The zero-order valence-electron chi connectivity index (χ0n) is 18.4. The highest BCUT2D eigenvalue weighted by Crippen LogP contribution is 2.40. The summed E-state index contributed by atoms with van der Waals surface area (Å²) in [6, 6.07) is 7.37. The monoisotopic (exact) mass is 383 g/mol. The van der Waals surface area contributed by atoms with Gasteiger partial charge in [0.2, 0.25) is 0 Å². The zero-order chi connectivity index (χ0) is 20.8. The Morgan fingerprint density at radius 1 is 0.857 bits per heavy atom. The SMILES string of the molecule is CCCCCCc1c(C(C)C)nc(C(C)C)c(C(C)O)c1-c1ccc(O)cc1. The van der Waals surface area contributed by atoms with Gasteiger partial charge in [0, 0.05) is 17.0 Å². The molecule has 0 amide bonds. The van der Waals surface area contributed by atoms with E-state index < -0.39 is 6.10 Å². The van der Waals surface area contributed by atoms with Crippen LogP contribution in [-0.2, 0) is 6.42 Å². The second-order valence-electron chi connectivity index (χ2n) is 8.49. The molecular formula is C25H37NO2. The number of pyridine rings is 1. The summed E-state index contributed by atoms with van der Waals surface area (Å²) >= 11 is 0. The number of aromatic nitrogens is 1. The predicted molar refractivity (Wildman–Crippen MR) is 118 cm³/mol. The number of hydrogen-bond acceptors (Lipinski definition) is 3. The number of unbranched alkanes of at least 4 members (excludes halogenated alkanes) is 3. The molecule has 2 aromatic rings. The van der Waals surface area contributed by atoms with Crippen LogP contribution in [-0.4, -0.2) is 15.2 Å². The van der Waals surface area contributed by atoms with Crippen molar-refractivity contribution >= 4 is 0 Å². The first-order chi connectivity index (χ1) is 13.3. The Labute approximate surface area is 170 Å². The third kappa shape index (κ3) is 5.14. The first-order valence-corrected chi connectivity index (χ1v) is 10.8. The van der Waals surface area contributed by atoms with Crippen molar-refractivity contribution in [3.8, 4) is 16.9 Å². The van der Waals surface area contributed by atoms with Gasteiger partial charge in [-0.15, -0.1) is 0 Å². The highest BCUT2D eigenvalue weighted by Gasteiger charge is 2.25. The number of aliphatic hydroxyl groups is 1. The predicted octanol–water partition coefficient (Wildman–Crippen LogP) is 6.88. The topological polar surface area (TPSA) is 53.4 Å². The summed E-state index contributed by atoms with van der Waals surface area (Å²) in [4.78, 5) is 5.09. The Morgan fingerprint density at radius 2 is 1.46 bits per heavy atom. The van der Waals surface area contributed by atoms with Gasteiger partial charge in [-0.1, -0.05) is 66.0 Å². The molecule has 1 aromatic carbocycles. The Balaban J connectivity index is 2.77. The lowest BCUT2D eigenvalue weighted by molar-refractivity contribution is 0.197. The fraction of sp³-hybridized carbons (Fsp3) is 0.560. The van der Waals surface area contributed by atoms with E-state index in [2.05, 4.69) is 34.6 Å². The van der Waals surface area contributed by atoms with Crippen molar-refractivity contribution in [2.45, 2.75) is 91.6 Å². The fourth-order valence-corrected chi connectivity index (χ4v) is 3.96. The molecule has 0 fully saturated rings. The van der Waals surface area contributed by atoms with Crippen LogP contribution in [0.1, 0.15) is 108 Å². The second-order valence-corrected chi connectivity index (χ2v) is 8.49. The summed E-state index contributed by atoms with van der Waals surface area (Å²) in [5.41, 5.74) is 6.50. The smallest absolute Gasteiger partial charge is 0.115 e. The van der Waals surface area contributed by atoms with Crippen LogP contribution in [0.3, 0.4) is 0 Å². The molecule has 1 aromatic heterocycles. The maximum absolute atomic E-state index is 10.7. The van der Waals surface area contributed by atoms with E-state index in [1.54, 1.807) is 12.1 Å². The van der Waals surface area contributed by atoms with Gasteiger partial charge in [-0.3, -0.25) is 4.98 Å². The number of aromatic hydroxyl groups is 1. The molecule has 154 valence electrons. The van der Waals surface area contributed by atoms with Gasteiger partial charge in [0.05, 0.1) is 6.10 Å². The van der Waals surface area contributed by atoms with Crippen LogP contribution in [0.25, 0.3) is 11.1 Å². The van der Waals surface area contributed by atoms with Crippen LogP contribution < -0.4 is 0 Å². The average Bonchev–Trinajstić information content (AvgIpc) is 2.64. The van der Waals surface area contributed by atoms with Gasteiger partial charge in [-0.05, 0) is 60.4 Å². The van der Waals surface area contributed by atoms with Crippen molar-refractivity contribution in [2.75, 3.05) is 0 Å². The van der Waals surface area contributed by atoms with Crippen LogP contribution in [0.4, 0.5) is 0 Å². The van der Waals surface area contributed by atoms with Crippen molar-refractivity contribution in [3.05, 3.63) is 46.8 Å². The minimum atomic E-state index is -0.593. The molecule has 3 heteroatoms. The Hall–Kier alpha value is -1.87. The van der Waals surface area contributed by atoms with E-state index in [-0.39, 0.29) is 11.7 Å². The Kier molecular flexibility index (Phi) is 8.06. The third-order valence-electron chi connectivity index (χ3n) is 5.34. The number of phenolic OH excluding ortho intramolecular Hbond substituents is 1. The van der Waals surface area contributed by atoms with Gasteiger partial charge in [0.1, 0.15) is 5.75 Å². The van der Waals surface area contributed by atoms with Crippen molar-refractivity contribution in [1.82, 2.24) is 4.98 Å². The molecule has 0 saturated heterocycles. The molecule has 0 aliphatic heterocycles. The van der Waals surface area contributed by atoms with Crippen LogP contribution in [0.5, 0.6) is 5.75 Å². The maximum atomic E-state index is 10.7. The molecule has 2 N–H and O–H groups in total. The first-order valence-electron chi connectivity index (χ1n) is 10.8. The van der Waals surface area contributed by atoms with Crippen molar-refractivity contribution in [1.29, 1.82) is 0 Å². The van der Waals surface area contributed by atoms with Crippen molar-refractivity contribution < 1.29 is 10.2 Å². The van der Waals surface area contributed by atoms with Gasteiger partial charge in [0.15, 0.2) is 0 Å². The van der Waals surface area contributed by atoms with Crippen LogP contribution in [0, 0.1) is 0 Å². The van der Waals surface area contributed by atoms with Crippen LogP contribution in [0.2, 0.25) is 0 Å². The van der Waals surface area contributed by atoms with Gasteiger partial charge in [-0.2, -0.15) is 0 Å². The minimum Gasteiger partial charge on any atom is -0.508 e. The summed E-state index contributed by atoms with van der Waals surface area (Å²) in [6.07, 6.45) is 5.16. The molecule has 0 aliphatic carbocycles. The summed E-state index contributed by atoms with van der Waals surface area (Å²) in [5, 5.41) is 20.5. The summed E-state index contributed by atoms with van der Waals surface area (Å²) in [7, 11) is 0. The van der Waals surface area contributed by atoms with E-state index in [0.717, 1.165) is 40.9 Å². The van der Waals surface area contributed by atoms with Crippen LogP contribution >= 0.6 is 0 Å². The number of nitrogens with zero attached hydrogens (tertiary/aromatic N) is 1. The van der Waals surface area contributed by atoms with E-state index in [1.807, 2.05) is 19.1 Å². The second kappa shape index (κ2) is 10.1. The van der Waals surface area contributed by atoms with Gasteiger partial charge >= 0.3 is 0 Å². The Bertz CT molecular complexity index is 761. The number of aliphatic hydroxyl groups excluding tert-OH is 1. The Morgan fingerprint density at radius 3 is 1.96 bits per heavy atom. The standard InChI is InChI=1S/C25H37NO2/c1-7-8-9-10-11-21-23(19-12-14-20(28)15-13-19)22(18(6)27)25(17(4)5)26-24(21)16(2)3/h12-18,27-28H,7-11H2,1-6H3. The molecule has 1 heterocycles. The van der Waals surface area contributed by atoms with Gasteiger partial charge in [0.25, 0.3) is 0 Å². The number of rotatable bonds is 9. The summed E-state index contributed by atoms with van der Waals surface area (Å²) in [6.45, 7) is 12.7. The lowest BCUT2D eigenvalue weighted by atomic mass is 9.83. The molecule has 2 rings (SSSR count). The molecule has 28 heavy (non-hydrogen) atoms. The maximum Gasteiger partial charge on any atom is 0.115 e. The zero-order valence-corrected chi connectivity index (χ0v) is 18.4. The lowest BCUT2D eigenvalue weighted by Crippen LogP contribution is -2.14. The molecule has 0 aliphatic rings. The largest absolute Gasteiger partial charge is 0.508 e. The molecule has 0 bridgehead atoms. The third-order valence-corrected chi connectivity index (χ3v) is 5.34. The van der Waals surface area contributed by atoms with Crippen molar-refractivity contribution in [3.63, 3.8) is 0 Å². The highest BCUT2D eigenvalue weighted by molar-refractivity contribution is 5.74. The minimum absolute atomic E-state index is 0.229. The molecule has 1 atom stereocenters. The van der Waals surface area contributed by atoms with E-state index in [4.69, 9.17) is 4.98 Å². The van der Waals surface area contributed by atoms with E-state index in [1.165, 1.54) is 24.8 Å². The number of phenols is 1. The summed E-state index contributed by atoms with van der Waals surface area (Å²) in [5.74, 6) is 0.804. The molecule has 0 radical (unpaired) electrons. The normalized spacial score (nSPS) is 12.8. The quantitative estimate of drug-likeness (QED) is 0.464. The molecule has 1 unspecified atom stereocenters. The van der Waals surface area contributed by atoms with Crippen molar-refractivity contribution in [2.24, 2.45) is 0 Å². The fourth-order valence-electron chi connectivity index (χ4n) is 3.96. The molecular weight excluding hydrogens is 346 g/mol. The molecule has 3 nitrogen and oxygen atoms in total. The first kappa shape index (κ1) is 22.4. The van der Waals surface area contributed by atoms with Crippen LogP contribution in [0.15, 0.2) is 24.3 Å². The van der Waals surface area contributed by atoms with E-state index >= 15 is 0 Å². The summed E-state index contributed by atoms with van der Waals surface area (Å²) < 4.78 is 0. The molecule has 0 spiro atoms. The van der Waals surface area contributed by atoms with E-state index in [0.29, 0.717) is 5.92 Å². The van der Waals surface area contributed by atoms with Gasteiger partial charge < -0.3 is 10.2 Å². The highest BCUT2D eigenvalue weighted by atomic mass is 16.3. The van der Waals surface area contributed by atoms with E-state index in [9.17, 15) is 10.2 Å². The van der Waals surface area contributed by atoms with Gasteiger partial charge in [-0.25, -0.2) is 0 Å². The lowest BCUT2D eigenvalue weighted by Gasteiger charge is -2.26. The number of hydrogen-bond donors (Lipinski definition) is 2. The average molecular weight is 384 g/mol. The number of benzene rings is 1. The molecule has 0 saturated carbocycles.